The summed E-state index contributed by atoms with van der Waals surface area (Å²) in [6.07, 6.45) is 4.10. The highest BCUT2D eigenvalue weighted by atomic mass is 79.9. The van der Waals surface area contributed by atoms with Gasteiger partial charge in [0.25, 0.3) is 0 Å². The molecule has 1 aliphatic heterocycles. The topological polar surface area (TPSA) is 76.5 Å². The lowest BCUT2D eigenvalue weighted by Crippen LogP contribution is -2.50. The standard InChI is InChI=1S/C32H35BrN2O4/c1-4-23-9-6-7-10-24(23)16-26(36)11-8-12-30(38)32-21(3)35(29-14-13-25(33)17-28(29)32)20-27(37)15-22-18-34(19-22)31(39)5-2/h5-7,9-10,13-14,17,22H,2,4,8,11-12,15-16,18-20H2,1,3H3. The first-order valence-corrected chi connectivity index (χ1v) is 14.3. The molecule has 4 rings (SSSR count). The van der Waals surface area contributed by atoms with Crippen LogP contribution < -0.4 is 0 Å². The molecule has 0 radical (unpaired) electrons. The molecule has 0 atom stereocenters. The number of Topliss-reactive ketones (excluding diaryl/α,β-unsaturated/α-hetero) is 3. The number of benzene rings is 2. The van der Waals surface area contributed by atoms with Crippen molar-refractivity contribution >= 4 is 50.1 Å². The highest BCUT2D eigenvalue weighted by molar-refractivity contribution is 9.10. The van der Waals surface area contributed by atoms with Crippen LogP contribution in [-0.4, -0.2) is 45.8 Å². The average Bonchev–Trinajstić information content (AvgIpc) is 3.15. The first-order chi connectivity index (χ1) is 18.7. The van der Waals surface area contributed by atoms with Crippen molar-refractivity contribution in [3.63, 3.8) is 0 Å². The van der Waals surface area contributed by atoms with Crippen molar-refractivity contribution < 1.29 is 19.2 Å². The van der Waals surface area contributed by atoms with Crippen LogP contribution in [0.1, 0.15) is 59.8 Å². The molecule has 39 heavy (non-hydrogen) atoms. The predicted molar refractivity (Wildman–Crippen MR) is 157 cm³/mol. The third-order valence-corrected chi connectivity index (χ3v) is 8.10. The van der Waals surface area contributed by atoms with Crippen LogP contribution in [0.4, 0.5) is 0 Å². The number of rotatable bonds is 13. The van der Waals surface area contributed by atoms with Crippen LogP contribution >= 0.6 is 15.9 Å². The van der Waals surface area contributed by atoms with Gasteiger partial charge in [-0.25, -0.2) is 0 Å². The number of hydrogen-bond acceptors (Lipinski definition) is 4. The van der Waals surface area contributed by atoms with Gasteiger partial charge in [0, 0.05) is 71.3 Å². The minimum Gasteiger partial charge on any atom is -0.338 e. The Hall–Kier alpha value is -3.32. The van der Waals surface area contributed by atoms with Crippen molar-refractivity contribution in [2.75, 3.05) is 13.1 Å². The summed E-state index contributed by atoms with van der Waals surface area (Å²) in [5.74, 6) is 0.250. The second kappa shape index (κ2) is 12.7. The van der Waals surface area contributed by atoms with Gasteiger partial charge >= 0.3 is 0 Å². The predicted octanol–water partition coefficient (Wildman–Crippen LogP) is 6.04. The van der Waals surface area contributed by atoms with Crippen LogP contribution in [0.3, 0.4) is 0 Å². The molecule has 2 heterocycles. The Morgan fingerprint density at radius 2 is 1.74 bits per heavy atom. The maximum absolute atomic E-state index is 13.4. The molecule has 6 nitrogen and oxygen atoms in total. The van der Waals surface area contributed by atoms with Crippen LogP contribution in [0.25, 0.3) is 10.9 Å². The fraction of sp³-hybridized carbons (Fsp3) is 0.375. The molecule has 1 aliphatic rings. The number of amides is 1. The number of halogens is 1. The van der Waals surface area contributed by atoms with Crippen LogP contribution in [0.15, 0.2) is 59.6 Å². The fourth-order valence-electron chi connectivity index (χ4n) is 5.53. The number of aromatic nitrogens is 1. The molecule has 1 saturated heterocycles. The minimum absolute atomic E-state index is 0.0128. The third kappa shape index (κ3) is 6.64. The van der Waals surface area contributed by atoms with Gasteiger partial charge in [-0.2, -0.15) is 0 Å². The molecule has 3 aromatic rings. The fourth-order valence-corrected chi connectivity index (χ4v) is 5.89. The van der Waals surface area contributed by atoms with E-state index in [0.717, 1.165) is 33.1 Å². The summed E-state index contributed by atoms with van der Waals surface area (Å²) in [4.78, 5) is 52.4. The lowest BCUT2D eigenvalue weighted by atomic mass is 9.94. The third-order valence-electron chi connectivity index (χ3n) is 7.60. The lowest BCUT2D eigenvalue weighted by Gasteiger charge is -2.38. The van der Waals surface area contributed by atoms with Gasteiger partial charge in [0.15, 0.2) is 11.6 Å². The summed E-state index contributed by atoms with van der Waals surface area (Å²) in [5.41, 5.74) is 4.48. The number of aryl methyl sites for hydroxylation is 1. The molecule has 1 fully saturated rings. The van der Waals surface area contributed by atoms with E-state index in [9.17, 15) is 19.2 Å². The first-order valence-electron chi connectivity index (χ1n) is 13.5. The molecule has 2 aromatic carbocycles. The van der Waals surface area contributed by atoms with Gasteiger partial charge in [-0.1, -0.05) is 53.7 Å². The number of ketones is 3. The number of likely N-dealkylation sites (tertiary alicyclic amines) is 1. The summed E-state index contributed by atoms with van der Waals surface area (Å²) in [6.45, 7) is 8.80. The van der Waals surface area contributed by atoms with Crippen molar-refractivity contribution in [3.8, 4) is 0 Å². The van der Waals surface area contributed by atoms with Crippen molar-refractivity contribution in [1.82, 2.24) is 9.47 Å². The van der Waals surface area contributed by atoms with Gasteiger partial charge in [-0.15, -0.1) is 0 Å². The summed E-state index contributed by atoms with van der Waals surface area (Å²) < 4.78 is 2.79. The molecule has 0 bridgehead atoms. The molecule has 0 unspecified atom stereocenters. The molecule has 0 saturated carbocycles. The highest BCUT2D eigenvalue weighted by Gasteiger charge is 2.31. The van der Waals surface area contributed by atoms with Gasteiger partial charge in [-0.05, 0) is 55.2 Å². The zero-order valence-electron chi connectivity index (χ0n) is 22.7. The van der Waals surface area contributed by atoms with Crippen molar-refractivity contribution in [2.24, 2.45) is 5.92 Å². The van der Waals surface area contributed by atoms with Gasteiger partial charge in [0.05, 0.1) is 6.54 Å². The van der Waals surface area contributed by atoms with Crippen molar-refractivity contribution in [1.29, 1.82) is 0 Å². The number of hydrogen-bond donors (Lipinski definition) is 0. The van der Waals surface area contributed by atoms with E-state index in [2.05, 4.69) is 35.5 Å². The Morgan fingerprint density at radius 1 is 1.03 bits per heavy atom. The summed E-state index contributed by atoms with van der Waals surface area (Å²) in [6, 6.07) is 13.8. The van der Waals surface area contributed by atoms with Crippen LogP contribution in [0, 0.1) is 12.8 Å². The van der Waals surface area contributed by atoms with Crippen molar-refractivity contribution in [3.05, 3.63) is 82.0 Å². The number of carbonyl (C=O) groups is 4. The molecule has 1 aromatic heterocycles. The molecule has 7 heteroatoms. The smallest absolute Gasteiger partial charge is 0.245 e. The second-order valence-corrected chi connectivity index (χ2v) is 11.3. The van der Waals surface area contributed by atoms with E-state index < -0.39 is 0 Å². The van der Waals surface area contributed by atoms with Crippen LogP contribution in [0.5, 0.6) is 0 Å². The van der Waals surface area contributed by atoms with E-state index in [-0.39, 0.29) is 42.1 Å². The second-order valence-electron chi connectivity index (χ2n) is 10.4. The summed E-state index contributed by atoms with van der Waals surface area (Å²) in [7, 11) is 0. The van der Waals surface area contributed by atoms with E-state index in [1.807, 2.05) is 47.9 Å². The SMILES string of the molecule is C=CC(=O)N1CC(CC(=O)Cn2c(C)c(C(=O)CCCC(=O)Cc3ccccc3CC)c3cc(Br)ccc32)C1. The Balaban J connectivity index is 1.41. The molecule has 0 aliphatic carbocycles. The van der Waals surface area contributed by atoms with Crippen LogP contribution in [0.2, 0.25) is 0 Å². The van der Waals surface area contributed by atoms with Crippen molar-refractivity contribution in [2.45, 2.75) is 58.9 Å². The van der Waals surface area contributed by atoms with E-state index in [0.29, 0.717) is 44.3 Å². The maximum atomic E-state index is 13.4. The molecule has 0 N–H and O–H groups in total. The van der Waals surface area contributed by atoms with E-state index in [1.54, 1.807) is 4.90 Å². The van der Waals surface area contributed by atoms with Gasteiger partial charge < -0.3 is 9.47 Å². The summed E-state index contributed by atoms with van der Waals surface area (Å²) in [5, 5.41) is 0.814. The Bertz CT molecular complexity index is 1430. The Kier molecular flexibility index (Phi) is 9.33. The largest absolute Gasteiger partial charge is 0.338 e. The molecular weight excluding hydrogens is 556 g/mol. The van der Waals surface area contributed by atoms with E-state index in [1.165, 1.54) is 11.6 Å². The first kappa shape index (κ1) is 28.7. The normalized spacial score (nSPS) is 13.4. The highest BCUT2D eigenvalue weighted by Crippen LogP contribution is 2.31. The Morgan fingerprint density at radius 3 is 2.44 bits per heavy atom. The quantitative estimate of drug-likeness (QED) is 0.179. The zero-order chi connectivity index (χ0) is 28.1. The lowest BCUT2D eigenvalue weighted by molar-refractivity contribution is -0.134. The molecule has 204 valence electrons. The molecule has 0 spiro atoms. The minimum atomic E-state index is -0.104. The average molecular weight is 592 g/mol. The van der Waals surface area contributed by atoms with Gasteiger partial charge in [0.2, 0.25) is 5.91 Å². The zero-order valence-corrected chi connectivity index (χ0v) is 24.3. The van der Waals surface area contributed by atoms with E-state index >= 15 is 0 Å². The number of fused-ring (bicyclic) bond motifs is 1. The van der Waals surface area contributed by atoms with Gasteiger partial charge in [-0.3, -0.25) is 19.2 Å². The summed E-state index contributed by atoms with van der Waals surface area (Å²) >= 11 is 3.52. The number of nitrogens with zero attached hydrogens (tertiary/aromatic N) is 2. The Labute approximate surface area is 238 Å². The van der Waals surface area contributed by atoms with Gasteiger partial charge in [0.1, 0.15) is 5.78 Å². The molecule has 1 amide bonds. The maximum Gasteiger partial charge on any atom is 0.245 e. The van der Waals surface area contributed by atoms with E-state index in [4.69, 9.17) is 0 Å². The van der Waals surface area contributed by atoms with Crippen LogP contribution in [-0.2, 0) is 33.8 Å². The molecular formula is C32H35BrN2O4. The monoisotopic (exact) mass is 590 g/mol. The number of carbonyl (C=O) groups excluding carboxylic acids is 4.